The number of hydrazine groups is 1. The van der Waals surface area contributed by atoms with Crippen LogP contribution in [0.15, 0.2) is 41.3 Å². The normalized spacial score (nSPS) is 15.9. The molecule has 0 bridgehead atoms. The lowest BCUT2D eigenvalue weighted by atomic mass is 10.0. The van der Waals surface area contributed by atoms with Gasteiger partial charge in [-0.2, -0.15) is 0 Å². The van der Waals surface area contributed by atoms with Gasteiger partial charge in [-0.1, -0.05) is 23.2 Å². The quantitative estimate of drug-likeness (QED) is 0.437. The molecule has 2 heterocycles. The number of piperazine rings is 1. The Bertz CT molecular complexity index is 1440. The molecule has 3 aromatic rings. The molecule has 0 spiro atoms. The molecule has 0 unspecified atom stereocenters. The Morgan fingerprint density at radius 3 is 2.38 bits per heavy atom. The lowest BCUT2D eigenvalue weighted by Crippen LogP contribution is -2.55. The number of carbonyl (C=O) groups excluding carboxylic acids is 1. The van der Waals surface area contributed by atoms with Gasteiger partial charge in [-0.05, 0) is 45.0 Å². The number of pyridine rings is 1. The molecular formula is C27H30Cl2F2N4O4. The predicted molar refractivity (Wildman–Crippen MR) is 147 cm³/mol. The monoisotopic (exact) mass is 582 g/mol. The van der Waals surface area contributed by atoms with Crippen LogP contribution < -0.4 is 15.6 Å². The molecule has 2 aromatic carbocycles. The van der Waals surface area contributed by atoms with E-state index in [4.69, 9.17) is 27.9 Å². The van der Waals surface area contributed by atoms with E-state index in [1.807, 2.05) is 25.7 Å². The van der Waals surface area contributed by atoms with Crippen LogP contribution in [-0.4, -0.2) is 70.9 Å². The SMILES string of the molecule is CC(C)(C)n1cc(C(=O)NN2CCN(C[C@H](O)COc3ccc(Cl)c(F)c3)CC2)c(=O)c2cc(F)c(Cl)cc21. The van der Waals surface area contributed by atoms with Crippen molar-refractivity contribution in [2.45, 2.75) is 32.4 Å². The molecule has 210 valence electrons. The average Bonchev–Trinajstić information content (AvgIpc) is 2.86. The number of nitrogens with zero attached hydrogens (tertiary/aromatic N) is 3. The van der Waals surface area contributed by atoms with Crippen LogP contribution in [0.25, 0.3) is 10.9 Å². The molecule has 12 heteroatoms. The third-order valence-corrected chi connectivity index (χ3v) is 7.04. The average molecular weight is 583 g/mol. The summed E-state index contributed by atoms with van der Waals surface area (Å²) in [5.74, 6) is -1.65. The maximum atomic E-state index is 14.2. The van der Waals surface area contributed by atoms with Gasteiger partial charge in [-0.3, -0.25) is 19.9 Å². The molecule has 1 aromatic heterocycles. The first-order chi connectivity index (χ1) is 18.3. The number of benzene rings is 2. The number of ether oxygens (including phenoxy) is 1. The molecule has 8 nitrogen and oxygen atoms in total. The molecule has 4 rings (SSSR count). The van der Waals surface area contributed by atoms with Gasteiger partial charge in [-0.15, -0.1) is 0 Å². The molecule has 1 aliphatic heterocycles. The predicted octanol–water partition coefficient (Wildman–Crippen LogP) is 4.04. The van der Waals surface area contributed by atoms with E-state index in [0.29, 0.717) is 38.2 Å². The maximum Gasteiger partial charge on any atom is 0.271 e. The van der Waals surface area contributed by atoms with Gasteiger partial charge in [0.15, 0.2) is 0 Å². The summed E-state index contributed by atoms with van der Waals surface area (Å²) in [6.45, 7) is 8.01. The third kappa shape index (κ3) is 6.88. The lowest BCUT2D eigenvalue weighted by Gasteiger charge is -2.35. The first kappa shape index (κ1) is 29.2. The molecular weight excluding hydrogens is 553 g/mol. The number of aliphatic hydroxyl groups is 1. The van der Waals surface area contributed by atoms with Gasteiger partial charge in [0.05, 0.1) is 15.6 Å². The number of halogens is 4. The van der Waals surface area contributed by atoms with Crippen LogP contribution in [0.1, 0.15) is 31.1 Å². The van der Waals surface area contributed by atoms with E-state index in [2.05, 4.69) is 5.43 Å². The zero-order valence-electron chi connectivity index (χ0n) is 21.8. The first-order valence-corrected chi connectivity index (χ1v) is 13.2. The highest BCUT2D eigenvalue weighted by Crippen LogP contribution is 2.26. The van der Waals surface area contributed by atoms with Gasteiger partial charge in [-0.25, -0.2) is 13.8 Å². The van der Waals surface area contributed by atoms with Crippen LogP contribution in [-0.2, 0) is 5.54 Å². The number of rotatable bonds is 7. The number of hydrogen-bond acceptors (Lipinski definition) is 6. The molecule has 1 saturated heterocycles. The zero-order valence-corrected chi connectivity index (χ0v) is 23.3. The van der Waals surface area contributed by atoms with E-state index < -0.39 is 34.6 Å². The van der Waals surface area contributed by atoms with E-state index >= 15 is 0 Å². The van der Waals surface area contributed by atoms with Crippen molar-refractivity contribution in [3.05, 3.63) is 74.0 Å². The Hall–Kier alpha value is -2.76. The minimum atomic E-state index is -0.813. The number of hydrogen-bond donors (Lipinski definition) is 2. The summed E-state index contributed by atoms with van der Waals surface area (Å²) in [6.07, 6.45) is 0.667. The van der Waals surface area contributed by atoms with Crippen LogP contribution >= 0.6 is 23.2 Å². The van der Waals surface area contributed by atoms with Crippen molar-refractivity contribution < 1.29 is 23.4 Å². The largest absolute Gasteiger partial charge is 0.491 e. The van der Waals surface area contributed by atoms with Crippen molar-refractivity contribution in [3.8, 4) is 5.75 Å². The van der Waals surface area contributed by atoms with Gasteiger partial charge in [0.1, 0.15) is 35.7 Å². The minimum absolute atomic E-state index is 0.00726. The Morgan fingerprint density at radius 2 is 1.74 bits per heavy atom. The molecule has 1 atom stereocenters. The van der Waals surface area contributed by atoms with Gasteiger partial charge < -0.3 is 14.4 Å². The number of fused-ring (bicyclic) bond motifs is 1. The summed E-state index contributed by atoms with van der Waals surface area (Å²) < 4.78 is 35.0. The van der Waals surface area contributed by atoms with Crippen LogP contribution in [0, 0.1) is 11.6 Å². The van der Waals surface area contributed by atoms with Crippen LogP contribution in [0.5, 0.6) is 5.75 Å². The lowest BCUT2D eigenvalue weighted by molar-refractivity contribution is 0.0316. The van der Waals surface area contributed by atoms with Crippen molar-refractivity contribution in [2.24, 2.45) is 0 Å². The van der Waals surface area contributed by atoms with E-state index in [0.717, 1.165) is 12.1 Å². The second kappa shape index (κ2) is 11.8. The Morgan fingerprint density at radius 1 is 1.08 bits per heavy atom. The number of β-amino-alcohol motifs (C(OH)–C–C–N with tert-alkyl or cyclic N) is 1. The Kier molecular flexibility index (Phi) is 8.82. The second-order valence-electron chi connectivity index (χ2n) is 10.5. The fraction of sp³-hybridized carbons (Fsp3) is 0.407. The van der Waals surface area contributed by atoms with E-state index in [1.54, 1.807) is 9.58 Å². The fourth-order valence-electron chi connectivity index (χ4n) is 4.39. The summed E-state index contributed by atoms with van der Waals surface area (Å²) >= 11 is 11.6. The molecule has 0 radical (unpaired) electrons. The van der Waals surface area contributed by atoms with Crippen LogP contribution in [0.3, 0.4) is 0 Å². The van der Waals surface area contributed by atoms with Crippen molar-refractivity contribution in [1.82, 2.24) is 19.9 Å². The topological polar surface area (TPSA) is 87.0 Å². The summed E-state index contributed by atoms with van der Waals surface area (Å²) in [5.41, 5.74) is 2.01. The molecule has 0 saturated carbocycles. The summed E-state index contributed by atoms with van der Waals surface area (Å²) in [5, 5.41) is 12.0. The second-order valence-corrected chi connectivity index (χ2v) is 11.3. The molecule has 1 aliphatic rings. The maximum absolute atomic E-state index is 14.2. The minimum Gasteiger partial charge on any atom is -0.491 e. The highest BCUT2D eigenvalue weighted by atomic mass is 35.5. The van der Waals surface area contributed by atoms with Gasteiger partial charge in [0, 0.05) is 55.9 Å². The van der Waals surface area contributed by atoms with E-state index in [-0.39, 0.29) is 33.4 Å². The standard InChI is InChI=1S/C27H30Cl2F2N4O4/c1-27(2,3)35-14-19(25(37)18-11-23(31)21(29)12-24(18)35)26(38)32-34-8-6-33(7-9-34)13-16(36)15-39-17-4-5-20(28)22(30)10-17/h4-5,10-12,14,16,36H,6-9,13,15H2,1-3H3,(H,32,38)/t16-/m0/s1. The number of aliphatic hydroxyl groups excluding tert-OH is 1. The Balaban J connectivity index is 1.37. The fourth-order valence-corrected chi connectivity index (χ4v) is 4.67. The summed E-state index contributed by atoms with van der Waals surface area (Å²) in [6, 6.07) is 6.53. The van der Waals surface area contributed by atoms with E-state index in [1.165, 1.54) is 24.4 Å². The molecule has 0 aliphatic carbocycles. The molecule has 2 N–H and O–H groups in total. The van der Waals surface area contributed by atoms with Crippen LogP contribution in [0.2, 0.25) is 10.0 Å². The van der Waals surface area contributed by atoms with Gasteiger partial charge in [0.2, 0.25) is 5.43 Å². The van der Waals surface area contributed by atoms with E-state index in [9.17, 15) is 23.5 Å². The van der Waals surface area contributed by atoms with Crippen molar-refractivity contribution in [2.75, 3.05) is 39.3 Å². The number of amides is 1. The summed E-state index contributed by atoms with van der Waals surface area (Å²) in [7, 11) is 0. The smallest absolute Gasteiger partial charge is 0.271 e. The number of carbonyl (C=O) groups is 1. The molecule has 39 heavy (non-hydrogen) atoms. The Labute approximate surface area is 234 Å². The molecule has 1 fully saturated rings. The number of aromatic nitrogens is 1. The zero-order chi connectivity index (χ0) is 28.5. The van der Waals surface area contributed by atoms with Crippen LogP contribution in [0.4, 0.5) is 8.78 Å². The van der Waals surface area contributed by atoms with Crippen molar-refractivity contribution in [1.29, 1.82) is 0 Å². The highest BCUT2D eigenvalue weighted by molar-refractivity contribution is 6.31. The first-order valence-electron chi connectivity index (χ1n) is 12.4. The van der Waals surface area contributed by atoms with Gasteiger partial charge in [0.25, 0.3) is 5.91 Å². The van der Waals surface area contributed by atoms with Crippen molar-refractivity contribution in [3.63, 3.8) is 0 Å². The highest BCUT2D eigenvalue weighted by Gasteiger charge is 2.25. The molecule has 1 amide bonds. The summed E-state index contributed by atoms with van der Waals surface area (Å²) in [4.78, 5) is 28.3. The van der Waals surface area contributed by atoms with Crippen molar-refractivity contribution >= 4 is 40.0 Å². The van der Waals surface area contributed by atoms with Gasteiger partial charge >= 0.3 is 0 Å². The number of nitrogens with one attached hydrogen (secondary N) is 1. The third-order valence-electron chi connectivity index (χ3n) is 6.45.